The maximum atomic E-state index is 14.8. The Morgan fingerprint density at radius 2 is 0.911 bits per heavy atom. The second-order valence-corrected chi connectivity index (χ2v) is 24.8. The summed E-state index contributed by atoms with van der Waals surface area (Å²) in [6.07, 6.45) is 17.8. The minimum Gasteiger partial charge on any atom is -0.495 e. The molecule has 1 aliphatic carbocycles. The highest BCUT2D eigenvalue weighted by molar-refractivity contribution is 6.42. The van der Waals surface area contributed by atoms with E-state index in [4.69, 9.17) is 89.3 Å². The SMILES string of the molecule is C=CC(=O)NC1CCCC1Cc1ncc2c(cnn2Cc2c(Cl)c(OC)cc(OC)c2Cl)n1.C=CC(=O)NC1COCC1Cc1ncc2c(ccn2C(=O)c2c(Cl)c(OC)cc(OC)c2Cl)n1.C=CC(=O)NC1COCC1Cc1ncc2c(ccn2C(=O)c2c(F)c(OC)cc(OC)c2F)n1. The number of nitrogens with one attached hydrogen (secondary N) is 3. The van der Waals surface area contributed by atoms with Crippen molar-refractivity contribution in [3.8, 4) is 34.5 Å². The van der Waals surface area contributed by atoms with Gasteiger partial charge in [-0.3, -0.25) is 37.8 Å². The molecular formula is C69H69Cl4F2N13O13. The summed E-state index contributed by atoms with van der Waals surface area (Å²) in [6.45, 7) is 12.5. The first kappa shape index (κ1) is 73.9. The van der Waals surface area contributed by atoms with Gasteiger partial charge in [0, 0.05) is 73.3 Å². The number of methoxy groups -OCH3 is 6. The minimum atomic E-state index is -1.14. The number of fused-ring (bicyclic) bond motifs is 3. The molecule has 32 heteroatoms. The fourth-order valence-corrected chi connectivity index (χ4v) is 13.3. The highest BCUT2D eigenvalue weighted by Gasteiger charge is 2.34. The second-order valence-electron chi connectivity index (χ2n) is 23.3. The van der Waals surface area contributed by atoms with Gasteiger partial charge in [0.2, 0.25) is 17.7 Å². The lowest BCUT2D eigenvalue weighted by Crippen LogP contribution is -2.39. The zero-order valence-electron chi connectivity index (χ0n) is 55.5. The van der Waals surface area contributed by atoms with Crippen molar-refractivity contribution < 1.29 is 70.6 Å². The van der Waals surface area contributed by atoms with Gasteiger partial charge < -0.3 is 53.8 Å². The molecule has 26 nitrogen and oxygen atoms in total. The summed E-state index contributed by atoms with van der Waals surface area (Å²) in [4.78, 5) is 88.6. The average Bonchev–Trinajstić information content (AvgIpc) is 1.76. The van der Waals surface area contributed by atoms with Crippen molar-refractivity contribution in [3.05, 3.63) is 171 Å². The van der Waals surface area contributed by atoms with Crippen LogP contribution < -0.4 is 44.4 Å². The summed E-state index contributed by atoms with van der Waals surface area (Å²) in [7, 11) is 8.35. The van der Waals surface area contributed by atoms with Crippen molar-refractivity contribution in [2.24, 2.45) is 17.8 Å². The second kappa shape index (κ2) is 33.1. The minimum absolute atomic E-state index is 0.0203. The van der Waals surface area contributed by atoms with Gasteiger partial charge >= 0.3 is 0 Å². The predicted molar refractivity (Wildman–Crippen MR) is 371 cm³/mol. The number of amides is 3. The van der Waals surface area contributed by atoms with Crippen LogP contribution in [0.5, 0.6) is 34.5 Å². The lowest BCUT2D eigenvalue weighted by molar-refractivity contribution is -0.118. The quantitative estimate of drug-likeness (QED) is 0.0532. The van der Waals surface area contributed by atoms with Gasteiger partial charge in [-0.25, -0.2) is 38.7 Å². The molecule has 0 spiro atoms. The van der Waals surface area contributed by atoms with Crippen LogP contribution in [0.2, 0.25) is 20.1 Å². The third-order valence-electron chi connectivity index (χ3n) is 17.3. The number of ether oxygens (including phenoxy) is 8. The molecule has 6 atom stereocenters. The summed E-state index contributed by atoms with van der Waals surface area (Å²) in [5, 5.41) is 14.1. The molecule has 8 heterocycles. The molecule has 3 aromatic carbocycles. The van der Waals surface area contributed by atoms with E-state index < -0.39 is 29.0 Å². The Balaban J connectivity index is 0.000000163. The molecule has 530 valence electrons. The lowest BCUT2D eigenvalue weighted by atomic mass is 9.99. The standard InChI is InChI=1S/C23H25Cl2N5O3.C23H22Cl2N4O5.C23H22F2N4O5/c1-4-21(31)29-15-7-5-6-13(15)8-20-26-11-17-16(28-20)10-27-30(17)12-14-22(24)18(32-2)9-19(33-3)23(14)25;2*1-4-19(30)28-14-11-34-10-12(14)7-18-26-9-15-13(27-18)5-6-29(15)23(31)20-21(24)16(32-2)8-17(33-3)22(20)25/h4,9-11,13,15H,1,5-8,12H2,2-3H3,(H,29,31);2*4-6,8-9,12,14H,1,7,10-11H2,2-3H3,(H,28,30). The molecule has 3 N–H and O–H groups in total. The molecule has 2 aliphatic heterocycles. The van der Waals surface area contributed by atoms with Crippen molar-refractivity contribution in [3.63, 3.8) is 0 Å². The Hall–Kier alpha value is -9.84. The van der Waals surface area contributed by atoms with Crippen LogP contribution in [0.15, 0.2) is 105 Å². The normalized spacial score (nSPS) is 17.6. The molecule has 0 bridgehead atoms. The van der Waals surface area contributed by atoms with E-state index in [0.29, 0.717) is 113 Å². The third kappa shape index (κ3) is 16.2. The number of carbonyl (C=O) groups excluding carboxylic acids is 5. The van der Waals surface area contributed by atoms with Crippen LogP contribution in [-0.2, 0) is 49.7 Å². The van der Waals surface area contributed by atoms with Gasteiger partial charge in [0.05, 0.1) is 160 Å². The molecule has 6 aromatic heterocycles. The van der Waals surface area contributed by atoms with E-state index in [1.54, 1.807) is 47.7 Å². The van der Waals surface area contributed by atoms with Crippen LogP contribution in [0, 0.1) is 29.4 Å². The molecule has 0 radical (unpaired) electrons. The predicted octanol–water partition coefficient (Wildman–Crippen LogP) is 9.79. The van der Waals surface area contributed by atoms with Crippen molar-refractivity contribution in [1.82, 2.24) is 64.8 Å². The van der Waals surface area contributed by atoms with Crippen LogP contribution in [0.3, 0.4) is 0 Å². The van der Waals surface area contributed by atoms with Gasteiger partial charge in [0.25, 0.3) is 11.8 Å². The highest BCUT2D eigenvalue weighted by Crippen LogP contribution is 2.43. The van der Waals surface area contributed by atoms with Gasteiger partial charge in [0.15, 0.2) is 23.1 Å². The Kier molecular flexibility index (Phi) is 24.2. The smallest absolute Gasteiger partial charge is 0.268 e. The van der Waals surface area contributed by atoms with E-state index in [-0.39, 0.29) is 91.8 Å². The zero-order chi connectivity index (χ0) is 72.3. The number of nitrogens with zero attached hydrogens (tertiary/aromatic N) is 10. The van der Waals surface area contributed by atoms with Crippen LogP contribution in [0.25, 0.3) is 33.1 Å². The van der Waals surface area contributed by atoms with E-state index in [0.717, 1.165) is 46.8 Å². The van der Waals surface area contributed by atoms with Crippen molar-refractivity contribution in [2.75, 3.05) is 69.1 Å². The van der Waals surface area contributed by atoms with Crippen molar-refractivity contribution >= 4 is 109 Å². The lowest BCUT2D eigenvalue weighted by Gasteiger charge is -2.19. The van der Waals surface area contributed by atoms with Gasteiger partial charge in [-0.2, -0.15) is 5.10 Å². The van der Waals surface area contributed by atoms with E-state index >= 15 is 0 Å². The number of carbonyl (C=O) groups is 5. The molecule has 1 saturated carbocycles. The number of aromatic nitrogens is 10. The van der Waals surface area contributed by atoms with E-state index in [2.05, 4.69) is 65.7 Å². The Morgan fingerprint density at radius 1 is 0.515 bits per heavy atom. The maximum absolute atomic E-state index is 14.8. The van der Waals surface area contributed by atoms with Crippen LogP contribution in [0.4, 0.5) is 8.78 Å². The van der Waals surface area contributed by atoms with Crippen LogP contribution in [0.1, 0.15) is 63.0 Å². The summed E-state index contributed by atoms with van der Waals surface area (Å²) >= 11 is 25.9. The summed E-state index contributed by atoms with van der Waals surface area (Å²) in [5.41, 5.74) is 3.10. The van der Waals surface area contributed by atoms with E-state index in [1.165, 1.54) is 83.9 Å². The Morgan fingerprint density at radius 3 is 1.36 bits per heavy atom. The topological polar surface area (TPSA) is 300 Å². The fourth-order valence-electron chi connectivity index (χ4n) is 12.0. The monoisotopic (exact) mass is 1470 g/mol. The number of rotatable bonds is 22. The van der Waals surface area contributed by atoms with Crippen LogP contribution >= 0.6 is 46.4 Å². The van der Waals surface area contributed by atoms with Gasteiger partial charge in [0.1, 0.15) is 57.1 Å². The average molecular weight is 1470 g/mol. The largest absolute Gasteiger partial charge is 0.495 e. The van der Waals surface area contributed by atoms with E-state index in [9.17, 15) is 32.8 Å². The zero-order valence-corrected chi connectivity index (χ0v) is 58.5. The molecule has 12 rings (SSSR count). The molecular weight excluding hydrogens is 1400 g/mol. The molecule has 3 fully saturated rings. The summed E-state index contributed by atoms with van der Waals surface area (Å²) < 4.78 is 75.8. The first-order valence-electron chi connectivity index (χ1n) is 31.4. The molecule has 6 unspecified atom stereocenters. The summed E-state index contributed by atoms with van der Waals surface area (Å²) in [6, 6.07) is 7.22. The molecule has 9 aromatic rings. The van der Waals surface area contributed by atoms with Crippen LogP contribution in [-0.4, -0.2) is 166 Å². The maximum Gasteiger partial charge on any atom is 0.268 e. The van der Waals surface area contributed by atoms with Gasteiger partial charge in [-0.15, -0.1) is 0 Å². The third-order valence-corrected chi connectivity index (χ3v) is 18.9. The first-order chi connectivity index (χ1) is 48.7. The Labute approximate surface area is 597 Å². The van der Waals surface area contributed by atoms with E-state index in [1.807, 2.05) is 0 Å². The van der Waals surface area contributed by atoms with Crippen molar-refractivity contribution in [2.45, 2.75) is 63.2 Å². The molecule has 3 amide bonds. The van der Waals surface area contributed by atoms with Gasteiger partial charge in [-0.1, -0.05) is 72.6 Å². The number of hydrogen-bond donors (Lipinski definition) is 3. The first-order valence-corrected chi connectivity index (χ1v) is 32.9. The Bertz CT molecular complexity index is 4390. The molecule has 2 saturated heterocycles. The highest BCUT2D eigenvalue weighted by atomic mass is 35.5. The fraction of sp³-hybridized carbons (Fsp3) is 0.333. The molecule has 101 heavy (non-hydrogen) atoms. The van der Waals surface area contributed by atoms with Crippen molar-refractivity contribution in [1.29, 1.82) is 0 Å². The summed E-state index contributed by atoms with van der Waals surface area (Å²) in [5.74, 6) is -1.54. The number of hydrogen-bond acceptors (Lipinski definition) is 20. The molecule has 3 aliphatic rings. The number of halogens is 6. The van der Waals surface area contributed by atoms with Gasteiger partial charge in [-0.05, 0) is 49.1 Å². The number of benzene rings is 3.